The minimum Gasteiger partial charge on any atom is -0.485 e. The number of amides is 2. The van der Waals surface area contributed by atoms with Crippen LogP contribution < -0.4 is 19.5 Å². The smallest absolute Gasteiger partial charge is 0.267 e. The van der Waals surface area contributed by atoms with Gasteiger partial charge in [-0.1, -0.05) is 0 Å². The number of ether oxygens (including phenoxy) is 3. The standard InChI is InChI=1S/C21H23N3O7S/c1-14(25)22-15-2-4-16(5-3-15)23-32(27,28)17-6-7-18-19(12-17)30-13-20(31-18)21(26)24-8-10-29-11-9-24/h2-7,12,20,23H,8-11,13H2,1H3,(H,22,25). The molecule has 2 aliphatic rings. The van der Waals surface area contributed by atoms with Gasteiger partial charge in [0.15, 0.2) is 11.5 Å². The summed E-state index contributed by atoms with van der Waals surface area (Å²) < 4.78 is 44.7. The molecular formula is C21H23N3O7S. The number of benzene rings is 2. The van der Waals surface area contributed by atoms with E-state index in [1.807, 2.05) is 0 Å². The Balaban J connectivity index is 1.44. The maximum absolute atomic E-state index is 12.8. The molecule has 11 heteroatoms. The molecule has 0 spiro atoms. The minimum absolute atomic E-state index is 0.00920. The molecule has 2 N–H and O–H groups in total. The topological polar surface area (TPSA) is 123 Å². The molecule has 4 rings (SSSR count). The maximum Gasteiger partial charge on any atom is 0.267 e. The number of carbonyl (C=O) groups is 2. The molecule has 0 aromatic heterocycles. The first-order valence-electron chi connectivity index (χ1n) is 10.0. The predicted molar refractivity (Wildman–Crippen MR) is 115 cm³/mol. The highest BCUT2D eigenvalue weighted by molar-refractivity contribution is 7.92. The molecule has 0 saturated carbocycles. The van der Waals surface area contributed by atoms with E-state index in [9.17, 15) is 18.0 Å². The van der Waals surface area contributed by atoms with Gasteiger partial charge in [-0.2, -0.15) is 0 Å². The lowest BCUT2D eigenvalue weighted by atomic mass is 10.2. The molecule has 2 amide bonds. The van der Waals surface area contributed by atoms with Gasteiger partial charge in [-0.25, -0.2) is 8.42 Å². The Morgan fingerprint density at radius 1 is 1.00 bits per heavy atom. The monoisotopic (exact) mass is 461 g/mol. The van der Waals surface area contributed by atoms with Crippen molar-refractivity contribution in [1.29, 1.82) is 0 Å². The lowest BCUT2D eigenvalue weighted by Gasteiger charge is -2.32. The normalized spacial score (nSPS) is 18.0. The molecule has 1 atom stereocenters. The lowest BCUT2D eigenvalue weighted by Crippen LogP contribution is -2.50. The van der Waals surface area contributed by atoms with Crippen LogP contribution in [0.5, 0.6) is 11.5 Å². The van der Waals surface area contributed by atoms with Crippen molar-refractivity contribution in [2.75, 3.05) is 42.9 Å². The fraction of sp³-hybridized carbons (Fsp3) is 0.333. The lowest BCUT2D eigenvalue weighted by molar-refractivity contribution is -0.145. The van der Waals surface area contributed by atoms with Crippen LogP contribution >= 0.6 is 0 Å². The predicted octanol–water partition coefficient (Wildman–Crippen LogP) is 1.44. The Morgan fingerprint density at radius 3 is 2.38 bits per heavy atom. The number of fused-ring (bicyclic) bond motifs is 1. The van der Waals surface area contributed by atoms with E-state index in [1.54, 1.807) is 29.2 Å². The zero-order valence-electron chi connectivity index (χ0n) is 17.4. The molecule has 0 bridgehead atoms. The summed E-state index contributed by atoms with van der Waals surface area (Å²) in [5.41, 5.74) is 0.895. The van der Waals surface area contributed by atoms with Crippen LogP contribution in [0.4, 0.5) is 11.4 Å². The number of sulfonamides is 1. The quantitative estimate of drug-likeness (QED) is 0.691. The number of hydrogen-bond donors (Lipinski definition) is 2. The fourth-order valence-electron chi connectivity index (χ4n) is 3.37. The van der Waals surface area contributed by atoms with E-state index in [-0.39, 0.29) is 29.1 Å². The van der Waals surface area contributed by atoms with Gasteiger partial charge in [-0.05, 0) is 36.4 Å². The van der Waals surface area contributed by atoms with Gasteiger partial charge < -0.3 is 24.4 Å². The van der Waals surface area contributed by atoms with Crippen LogP contribution in [0.25, 0.3) is 0 Å². The largest absolute Gasteiger partial charge is 0.485 e. The van der Waals surface area contributed by atoms with Gasteiger partial charge in [0.1, 0.15) is 6.61 Å². The van der Waals surface area contributed by atoms with Crippen LogP contribution in [-0.4, -0.2) is 64.1 Å². The van der Waals surface area contributed by atoms with E-state index >= 15 is 0 Å². The molecule has 2 aromatic carbocycles. The highest BCUT2D eigenvalue weighted by atomic mass is 32.2. The Hall–Kier alpha value is -3.31. The van der Waals surface area contributed by atoms with Gasteiger partial charge in [-0.15, -0.1) is 0 Å². The first-order chi connectivity index (χ1) is 15.3. The number of hydrogen-bond acceptors (Lipinski definition) is 7. The number of morpholine rings is 1. The third-order valence-corrected chi connectivity index (χ3v) is 6.32. The van der Waals surface area contributed by atoms with Gasteiger partial charge >= 0.3 is 0 Å². The van der Waals surface area contributed by atoms with Crippen molar-refractivity contribution in [2.45, 2.75) is 17.9 Å². The van der Waals surface area contributed by atoms with Gasteiger partial charge in [0.2, 0.25) is 12.0 Å². The Bertz CT molecular complexity index is 1110. The van der Waals surface area contributed by atoms with Crippen molar-refractivity contribution in [3.63, 3.8) is 0 Å². The SMILES string of the molecule is CC(=O)Nc1ccc(NS(=O)(=O)c2ccc3c(c2)OCC(C(=O)N2CCOCC2)O3)cc1. The first-order valence-corrected chi connectivity index (χ1v) is 11.5. The Kier molecular flexibility index (Phi) is 6.19. The molecule has 2 heterocycles. The summed E-state index contributed by atoms with van der Waals surface area (Å²) in [7, 11) is -3.89. The summed E-state index contributed by atoms with van der Waals surface area (Å²) in [5, 5.41) is 2.61. The van der Waals surface area contributed by atoms with E-state index < -0.39 is 16.1 Å². The fourth-order valence-corrected chi connectivity index (χ4v) is 4.44. The number of carbonyl (C=O) groups excluding carboxylic acids is 2. The summed E-state index contributed by atoms with van der Waals surface area (Å²) in [5.74, 6) is 0.157. The summed E-state index contributed by atoms with van der Waals surface area (Å²) in [4.78, 5) is 25.4. The molecule has 1 fully saturated rings. The number of rotatable bonds is 5. The highest BCUT2D eigenvalue weighted by Crippen LogP contribution is 2.34. The molecular weight excluding hydrogens is 438 g/mol. The van der Waals surface area contributed by atoms with Gasteiger partial charge in [0.25, 0.3) is 15.9 Å². The number of nitrogens with one attached hydrogen (secondary N) is 2. The summed E-state index contributed by atoms with van der Waals surface area (Å²) in [6.07, 6.45) is -0.789. The molecule has 1 saturated heterocycles. The highest BCUT2D eigenvalue weighted by Gasteiger charge is 2.32. The van der Waals surface area contributed by atoms with Gasteiger partial charge in [0, 0.05) is 37.5 Å². The van der Waals surface area contributed by atoms with Crippen LogP contribution in [0.3, 0.4) is 0 Å². The van der Waals surface area contributed by atoms with E-state index in [2.05, 4.69) is 10.0 Å². The maximum atomic E-state index is 12.8. The van der Waals surface area contributed by atoms with Crippen molar-refractivity contribution in [3.8, 4) is 11.5 Å². The number of nitrogens with zero attached hydrogens (tertiary/aromatic N) is 1. The summed E-state index contributed by atoms with van der Waals surface area (Å²) >= 11 is 0. The van der Waals surface area contributed by atoms with Gasteiger partial charge in [-0.3, -0.25) is 14.3 Å². The zero-order chi connectivity index (χ0) is 22.7. The molecule has 10 nitrogen and oxygen atoms in total. The third kappa shape index (κ3) is 4.94. The van der Waals surface area contributed by atoms with Crippen LogP contribution in [0, 0.1) is 0 Å². The second-order valence-corrected chi connectivity index (χ2v) is 9.01. The molecule has 0 radical (unpaired) electrons. The average molecular weight is 461 g/mol. The van der Waals surface area contributed by atoms with E-state index in [0.29, 0.717) is 43.4 Å². The molecule has 0 aliphatic carbocycles. The molecule has 32 heavy (non-hydrogen) atoms. The van der Waals surface area contributed by atoms with Crippen molar-refractivity contribution in [1.82, 2.24) is 4.90 Å². The van der Waals surface area contributed by atoms with Crippen LogP contribution in [0.2, 0.25) is 0 Å². The van der Waals surface area contributed by atoms with Crippen LogP contribution in [0.1, 0.15) is 6.92 Å². The summed E-state index contributed by atoms with van der Waals surface area (Å²) in [6.45, 7) is 3.35. The number of anilines is 2. The third-order valence-electron chi connectivity index (χ3n) is 4.94. The van der Waals surface area contributed by atoms with Crippen molar-refractivity contribution >= 4 is 33.2 Å². The molecule has 2 aliphatic heterocycles. The summed E-state index contributed by atoms with van der Waals surface area (Å²) in [6, 6.07) is 10.5. The van der Waals surface area contributed by atoms with E-state index in [4.69, 9.17) is 14.2 Å². The van der Waals surface area contributed by atoms with Crippen LogP contribution in [0.15, 0.2) is 47.4 Å². The van der Waals surface area contributed by atoms with Crippen molar-refractivity contribution in [3.05, 3.63) is 42.5 Å². The van der Waals surface area contributed by atoms with Crippen LogP contribution in [-0.2, 0) is 24.3 Å². The molecule has 1 unspecified atom stereocenters. The zero-order valence-corrected chi connectivity index (χ0v) is 18.2. The average Bonchev–Trinajstić information content (AvgIpc) is 2.79. The molecule has 170 valence electrons. The molecule has 2 aromatic rings. The first kappa shape index (κ1) is 21.9. The Labute approximate surface area is 185 Å². The minimum atomic E-state index is -3.89. The van der Waals surface area contributed by atoms with E-state index in [0.717, 1.165) is 0 Å². The van der Waals surface area contributed by atoms with E-state index in [1.165, 1.54) is 25.1 Å². The second-order valence-electron chi connectivity index (χ2n) is 7.33. The van der Waals surface area contributed by atoms with Gasteiger partial charge in [0.05, 0.1) is 18.1 Å². The van der Waals surface area contributed by atoms with Crippen molar-refractivity contribution in [2.24, 2.45) is 0 Å². The Morgan fingerprint density at radius 2 is 1.69 bits per heavy atom. The van der Waals surface area contributed by atoms with Crippen molar-refractivity contribution < 1.29 is 32.2 Å². The second kappa shape index (κ2) is 9.05.